The van der Waals surface area contributed by atoms with Gasteiger partial charge in [0.05, 0.1) is 6.61 Å². The van der Waals surface area contributed by atoms with Crippen LogP contribution in [0.1, 0.15) is 5.56 Å². The van der Waals surface area contributed by atoms with Crippen LogP contribution in [0.2, 0.25) is 0 Å². The first kappa shape index (κ1) is 15.0. The van der Waals surface area contributed by atoms with Crippen LogP contribution in [0.15, 0.2) is 30.3 Å². The molecule has 67 valence electrons. The minimum atomic E-state index is 0. The minimum absolute atomic E-state index is 0. The van der Waals surface area contributed by atoms with Crippen LogP contribution in [0.3, 0.4) is 0 Å². The SMILES string of the molecule is O=[C-]OCc1ccccc1.[CH-]=O.[Y]. The Morgan fingerprint density at radius 2 is 1.77 bits per heavy atom. The van der Waals surface area contributed by atoms with Gasteiger partial charge in [-0.2, -0.15) is 0 Å². The summed E-state index contributed by atoms with van der Waals surface area (Å²) in [6.45, 7) is 4.93. The second-order valence-corrected chi connectivity index (χ2v) is 1.86. The molecule has 1 radical (unpaired) electrons. The van der Waals surface area contributed by atoms with E-state index in [1.165, 1.54) is 6.47 Å². The quantitative estimate of drug-likeness (QED) is 0.596. The summed E-state index contributed by atoms with van der Waals surface area (Å²) < 4.78 is 4.41. The van der Waals surface area contributed by atoms with Gasteiger partial charge in [0, 0.05) is 32.7 Å². The van der Waals surface area contributed by atoms with Crippen molar-refractivity contribution in [1.82, 2.24) is 0 Å². The normalized spacial score (nSPS) is 7.08. The largest absolute Gasteiger partial charge is 0.650 e. The Morgan fingerprint density at radius 1 is 1.23 bits per heavy atom. The van der Waals surface area contributed by atoms with Gasteiger partial charge in [-0.05, 0) is 5.56 Å². The van der Waals surface area contributed by atoms with Crippen molar-refractivity contribution < 1.29 is 47.0 Å². The van der Waals surface area contributed by atoms with Crippen molar-refractivity contribution in [1.29, 1.82) is 0 Å². The van der Waals surface area contributed by atoms with Gasteiger partial charge < -0.3 is 14.3 Å². The molecule has 13 heavy (non-hydrogen) atoms. The van der Waals surface area contributed by atoms with Crippen molar-refractivity contribution in [3.8, 4) is 0 Å². The molecule has 0 aliphatic carbocycles. The molecular formula is C9H8O3Y-2. The number of rotatable bonds is 3. The van der Waals surface area contributed by atoms with Crippen LogP contribution in [0, 0.1) is 0 Å². The minimum Gasteiger partial charge on any atom is -0.650 e. The molecule has 4 heteroatoms. The van der Waals surface area contributed by atoms with Gasteiger partial charge in [-0.25, -0.2) is 0 Å². The van der Waals surface area contributed by atoms with E-state index >= 15 is 0 Å². The maximum absolute atomic E-state index is 9.63. The Hall–Kier alpha value is -0.536. The van der Waals surface area contributed by atoms with Gasteiger partial charge in [0.1, 0.15) is 0 Å². The van der Waals surface area contributed by atoms with Gasteiger partial charge in [0.2, 0.25) is 0 Å². The smallest absolute Gasteiger partial charge is 0.0745 e. The molecule has 0 saturated heterocycles. The van der Waals surface area contributed by atoms with Crippen LogP contribution >= 0.6 is 0 Å². The van der Waals surface area contributed by atoms with Crippen LogP contribution < -0.4 is 0 Å². The molecule has 1 aromatic rings. The summed E-state index contributed by atoms with van der Waals surface area (Å²) in [5.41, 5.74) is 0.978. The first-order valence-corrected chi connectivity index (χ1v) is 3.20. The molecule has 0 aliphatic rings. The van der Waals surface area contributed by atoms with E-state index in [2.05, 4.69) is 11.5 Å². The molecular weight excluding hydrogens is 245 g/mol. The van der Waals surface area contributed by atoms with Gasteiger partial charge in [-0.1, -0.05) is 36.8 Å². The topological polar surface area (TPSA) is 43.4 Å². The zero-order chi connectivity index (χ0) is 9.23. The van der Waals surface area contributed by atoms with Crippen molar-refractivity contribution in [3.05, 3.63) is 35.9 Å². The Bertz CT molecular complexity index is 213. The number of benzene rings is 1. The molecule has 3 nitrogen and oxygen atoms in total. The molecule has 0 bridgehead atoms. The Kier molecular flexibility index (Phi) is 13.2. The first-order chi connectivity index (χ1) is 5.93. The molecule has 1 aromatic carbocycles. The van der Waals surface area contributed by atoms with Crippen LogP contribution in [0.5, 0.6) is 0 Å². The van der Waals surface area contributed by atoms with Gasteiger partial charge in [0.15, 0.2) is 0 Å². The third-order valence-electron chi connectivity index (χ3n) is 1.14. The average molecular weight is 253 g/mol. The van der Waals surface area contributed by atoms with Crippen molar-refractivity contribution in [2.24, 2.45) is 0 Å². The Labute approximate surface area is 102 Å². The molecule has 0 heterocycles. The van der Waals surface area contributed by atoms with Crippen molar-refractivity contribution >= 4 is 13.3 Å². The number of carbonyl (C=O) groups excluding carboxylic acids is 2. The van der Waals surface area contributed by atoms with E-state index < -0.39 is 0 Å². The van der Waals surface area contributed by atoms with Crippen LogP contribution in [0.25, 0.3) is 0 Å². The molecule has 1 rings (SSSR count). The standard InChI is InChI=1S/C8H7O2.CHO.Y/c9-7-10-6-8-4-2-1-3-5-8;1-2;/h1-5H,6H2;1H;/q2*-1;. The third kappa shape index (κ3) is 7.81. The van der Waals surface area contributed by atoms with Gasteiger partial charge in [-0.15, -0.1) is 0 Å². The summed E-state index contributed by atoms with van der Waals surface area (Å²) in [6, 6.07) is 9.47. The molecule has 0 amide bonds. The predicted octanol–water partition coefficient (Wildman–Crippen LogP) is 0.994. The second kappa shape index (κ2) is 11.5. The molecule has 0 saturated carbocycles. The van der Waals surface area contributed by atoms with E-state index in [0.717, 1.165) is 5.56 Å². The van der Waals surface area contributed by atoms with Crippen molar-refractivity contribution in [2.45, 2.75) is 6.61 Å². The number of hydrogen-bond donors (Lipinski definition) is 0. The molecule has 0 fully saturated rings. The summed E-state index contributed by atoms with van der Waals surface area (Å²) in [5, 5.41) is 0. The van der Waals surface area contributed by atoms with E-state index in [1.807, 2.05) is 30.3 Å². The van der Waals surface area contributed by atoms with Crippen LogP contribution in [0.4, 0.5) is 0 Å². The monoisotopic (exact) mass is 253 g/mol. The molecule has 0 atom stereocenters. The molecule has 0 N–H and O–H groups in total. The summed E-state index contributed by atoms with van der Waals surface area (Å²) in [7, 11) is 0. The van der Waals surface area contributed by atoms with Crippen molar-refractivity contribution in [2.75, 3.05) is 0 Å². The fourth-order valence-electron chi connectivity index (χ4n) is 0.687. The van der Waals surface area contributed by atoms with Gasteiger partial charge in [-0.3, -0.25) is 6.79 Å². The molecule has 0 aliphatic heterocycles. The maximum Gasteiger partial charge on any atom is 0.0745 e. The molecule has 0 aromatic heterocycles. The van der Waals surface area contributed by atoms with E-state index in [1.54, 1.807) is 0 Å². The molecule has 0 spiro atoms. The fourth-order valence-corrected chi connectivity index (χ4v) is 0.687. The Morgan fingerprint density at radius 3 is 2.23 bits per heavy atom. The fraction of sp³-hybridized carbons (Fsp3) is 0.111. The van der Waals surface area contributed by atoms with E-state index in [0.29, 0.717) is 6.61 Å². The van der Waals surface area contributed by atoms with Gasteiger partial charge >= 0.3 is 0 Å². The van der Waals surface area contributed by atoms with Gasteiger partial charge in [0.25, 0.3) is 0 Å². The molecule has 0 unspecified atom stereocenters. The Balaban J connectivity index is 0. The van der Waals surface area contributed by atoms with Crippen LogP contribution in [-0.4, -0.2) is 13.3 Å². The number of hydrogen-bond acceptors (Lipinski definition) is 3. The van der Waals surface area contributed by atoms with E-state index in [9.17, 15) is 4.79 Å². The summed E-state index contributed by atoms with van der Waals surface area (Å²) in [6.07, 6.45) is 0. The number of ether oxygens (including phenoxy) is 1. The first-order valence-electron chi connectivity index (χ1n) is 3.20. The van der Waals surface area contributed by atoms with E-state index in [4.69, 9.17) is 4.79 Å². The predicted molar refractivity (Wildman–Crippen MR) is 43.7 cm³/mol. The van der Waals surface area contributed by atoms with Crippen molar-refractivity contribution in [3.63, 3.8) is 0 Å². The van der Waals surface area contributed by atoms with E-state index in [-0.39, 0.29) is 32.7 Å². The summed E-state index contributed by atoms with van der Waals surface area (Å²) in [5.74, 6) is 0. The maximum atomic E-state index is 9.63. The average Bonchev–Trinajstić information content (AvgIpc) is 2.19. The third-order valence-corrected chi connectivity index (χ3v) is 1.14. The summed E-state index contributed by atoms with van der Waals surface area (Å²) in [4.78, 5) is 17.4. The zero-order valence-electron chi connectivity index (χ0n) is 6.97. The van der Waals surface area contributed by atoms with Crippen LogP contribution in [-0.2, 0) is 53.6 Å². The zero-order valence-corrected chi connectivity index (χ0v) is 9.81. The second-order valence-electron chi connectivity index (χ2n) is 1.86. The summed E-state index contributed by atoms with van der Waals surface area (Å²) >= 11 is 0.